The van der Waals surface area contributed by atoms with Crippen LogP contribution in [0.4, 0.5) is 0 Å². The summed E-state index contributed by atoms with van der Waals surface area (Å²) in [6, 6.07) is 17.5. The average molecular weight is 534 g/mol. The lowest BCUT2D eigenvalue weighted by molar-refractivity contribution is -0.154. The summed E-state index contributed by atoms with van der Waals surface area (Å²) in [6.07, 6.45) is 4.54. The number of thioether (sulfide) groups is 1. The molecule has 0 spiro atoms. The van der Waals surface area contributed by atoms with Gasteiger partial charge in [-0.25, -0.2) is 4.79 Å². The van der Waals surface area contributed by atoms with Crippen molar-refractivity contribution in [1.29, 1.82) is 0 Å². The third-order valence-electron chi connectivity index (χ3n) is 6.57. The van der Waals surface area contributed by atoms with Gasteiger partial charge >= 0.3 is 5.97 Å². The van der Waals surface area contributed by atoms with Gasteiger partial charge in [0, 0.05) is 38.0 Å². The van der Waals surface area contributed by atoms with Gasteiger partial charge in [-0.15, -0.1) is 0 Å². The maximum Gasteiger partial charge on any atom is 0.328 e. The molecule has 198 valence electrons. The van der Waals surface area contributed by atoms with E-state index in [2.05, 4.69) is 5.32 Å². The van der Waals surface area contributed by atoms with Crippen molar-refractivity contribution in [3.63, 3.8) is 0 Å². The van der Waals surface area contributed by atoms with E-state index in [1.54, 1.807) is 6.92 Å². The minimum atomic E-state index is -0.908. The maximum atomic E-state index is 13.6. The molecule has 3 aromatic rings. The zero-order valence-corrected chi connectivity index (χ0v) is 22.4. The van der Waals surface area contributed by atoms with Crippen molar-refractivity contribution in [1.82, 2.24) is 14.8 Å². The number of benzene rings is 2. The predicted molar refractivity (Wildman–Crippen MR) is 146 cm³/mol. The summed E-state index contributed by atoms with van der Waals surface area (Å²) >= 11 is 0.940. The third-order valence-corrected chi connectivity index (χ3v) is 7.57. The number of amides is 2. The van der Waals surface area contributed by atoms with Crippen molar-refractivity contribution >= 4 is 34.7 Å². The van der Waals surface area contributed by atoms with Crippen LogP contribution in [0.15, 0.2) is 73.1 Å². The molecule has 1 aromatic heterocycles. The molecule has 9 heteroatoms. The van der Waals surface area contributed by atoms with Gasteiger partial charge in [-0.3, -0.25) is 14.4 Å². The fourth-order valence-corrected chi connectivity index (χ4v) is 5.50. The molecule has 0 fully saturated rings. The summed E-state index contributed by atoms with van der Waals surface area (Å²) < 4.78 is 6.99. The monoisotopic (exact) mass is 533 g/mol. The Balaban J connectivity index is 1.53. The predicted octanol–water partition coefficient (Wildman–Crippen LogP) is 3.30. The summed E-state index contributed by atoms with van der Waals surface area (Å²) in [7, 11) is 1.30. The number of fused-ring (bicyclic) bond motifs is 1. The first-order valence-corrected chi connectivity index (χ1v) is 13.3. The van der Waals surface area contributed by atoms with Gasteiger partial charge in [0.05, 0.1) is 12.4 Å². The summed E-state index contributed by atoms with van der Waals surface area (Å²) in [5.41, 5.74) is 3.76. The van der Waals surface area contributed by atoms with Crippen LogP contribution in [0.2, 0.25) is 0 Å². The van der Waals surface area contributed by atoms with E-state index in [4.69, 9.17) is 4.74 Å². The number of hydrogen-bond acceptors (Lipinski definition) is 6. The molecule has 3 atom stereocenters. The molecule has 1 N–H and O–H groups in total. The molecule has 0 radical (unpaired) electrons. The number of hydrogen-bond donors (Lipinski definition) is 1. The van der Waals surface area contributed by atoms with Crippen LogP contribution in [0, 0.1) is 0 Å². The van der Waals surface area contributed by atoms with E-state index >= 15 is 0 Å². The first-order valence-electron chi connectivity index (χ1n) is 12.4. The second kappa shape index (κ2) is 12.1. The highest BCUT2D eigenvalue weighted by Crippen LogP contribution is 2.27. The lowest BCUT2D eigenvalue weighted by Crippen LogP contribution is -2.56. The van der Waals surface area contributed by atoms with Crippen LogP contribution in [0.1, 0.15) is 30.5 Å². The topological polar surface area (TPSA) is 97.7 Å². The van der Waals surface area contributed by atoms with Crippen LogP contribution in [-0.4, -0.2) is 56.8 Å². The van der Waals surface area contributed by atoms with E-state index in [-0.39, 0.29) is 11.7 Å². The van der Waals surface area contributed by atoms with Crippen LogP contribution in [0.5, 0.6) is 0 Å². The van der Waals surface area contributed by atoms with Gasteiger partial charge in [-0.2, -0.15) is 0 Å². The third kappa shape index (κ3) is 6.34. The largest absolute Gasteiger partial charge is 0.467 e. The number of ether oxygens (including phenoxy) is 1. The Kier molecular flexibility index (Phi) is 8.68. The highest BCUT2D eigenvalue weighted by atomic mass is 32.2. The van der Waals surface area contributed by atoms with Crippen molar-refractivity contribution in [3.05, 3.63) is 89.7 Å². The van der Waals surface area contributed by atoms with Crippen molar-refractivity contribution in [2.45, 2.75) is 50.6 Å². The van der Waals surface area contributed by atoms with Gasteiger partial charge < -0.3 is 19.5 Å². The summed E-state index contributed by atoms with van der Waals surface area (Å²) in [5, 5.41) is 1.91. The van der Waals surface area contributed by atoms with Crippen molar-refractivity contribution in [2.75, 3.05) is 7.11 Å². The molecule has 38 heavy (non-hydrogen) atoms. The Morgan fingerprint density at radius 3 is 2.39 bits per heavy atom. The zero-order valence-electron chi connectivity index (χ0n) is 21.6. The average Bonchev–Trinajstić information content (AvgIpc) is 3.46. The van der Waals surface area contributed by atoms with Gasteiger partial charge in [-0.05, 0) is 54.3 Å². The Bertz CT molecular complexity index is 1310. The molecule has 8 nitrogen and oxygen atoms in total. The van der Waals surface area contributed by atoms with Gasteiger partial charge in [-0.1, -0.05) is 48.2 Å². The lowest BCUT2D eigenvalue weighted by Gasteiger charge is -2.37. The van der Waals surface area contributed by atoms with Gasteiger partial charge in [0.15, 0.2) is 5.12 Å². The SMILES string of the molecule is COC(=O)[C@@H]1Cc2ccc(-n3cccc3)cc2CN1C(=O)[C@H](C)NC(=O)[C@H](Cc1ccccc1)SC(C)=O. The van der Waals surface area contributed by atoms with Gasteiger partial charge in [0.25, 0.3) is 0 Å². The molecule has 0 saturated heterocycles. The van der Waals surface area contributed by atoms with Crippen LogP contribution < -0.4 is 5.32 Å². The highest BCUT2D eigenvalue weighted by molar-refractivity contribution is 8.14. The second-order valence-electron chi connectivity index (χ2n) is 9.27. The number of esters is 1. The Labute approximate surface area is 226 Å². The van der Waals surface area contributed by atoms with Gasteiger partial charge in [0.1, 0.15) is 12.1 Å². The van der Waals surface area contributed by atoms with E-state index in [1.165, 1.54) is 18.9 Å². The van der Waals surface area contributed by atoms with Crippen molar-refractivity contribution < 1.29 is 23.9 Å². The molecule has 1 aliphatic heterocycles. The smallest absolute Gasteiger partial charge is 0.328 e. The zero-order chi connectivity index (χ0) is 27.2. The fraction of sp³-hybridized carbons (Fsp3) is 0.310. The number of nitrogens with one attached hydrogen (secondary N) is 1. The Hall–Kier alpha value is -3.85. The maximum absolute atomic E-state index is 13.6. The molecule has 0 saturated carbocycles. The minimum Gasteiger partial charge on any atom is -0.467 e. The molecule has 0 unspecified atom stereocenters. The van der Waals surface area contributed by atoms with E-state index in [9.17, 15) is 19.2 Å². The van der Waals surface area contributed by atoms with Crippen LogP contribution in [-0.2, 0) is 43.3 Å². The van der Waals surface area contributed by atoms with E-state index in [0.29, 0.717) is 12.8 Å². The summed E-state index contributed by atoms with van der Waals surface area (Å²) in [6.45, 7) is 3.22. The number of methoxy groups -OCH3 is 1. The van der Waals surface area contributed by atoms with Crippen molar-refractivity contribution in [2.24, 2.45) is 0 Å². The molecule has 0 aliphatic carbocycles. The lowest BCUT2D eigenvalue weighted by atomic mass is 9.92. The van der Waals surface area contributed by atoms with Gasteiger partial charge in [0.2, 0.25) is 11.8 Å². The molecule has 1 aliphatic rings. The quantitative estimate of drug-likeness (QED) is 0.447. The summed E-state index contributed by atoms with van der Waals surface area (Å²) in [5.74, 6) is -1.31. The molecule has 2 amide bonds. The number of aromatic nitrogens is 1. The van der Waals surface area contributed by atoms with E-state index in [0.717, 1.165) is 34.1 Å². The second-order valence-corrected chi connectivity index (χ2v) is 10.7. The summed E-state index contributed by atoms with van der Waals surface area (Å²) in [4.78, 5) is 52.8. The van der Waals surface area contributed by atoms with Crippen molar-refractivity contribution in [3.8, 4) is 5.69 Å². The molecule has 2 aromatic carbocycles. The number of nitrogens with zero attached hydrogens (tertiary/aromatic N) is 2. The van der Waals surface area contributed by atoms with Crippen LogP contribution in [0.25, 0.3) is 5.69 Å². The van der Waals surface area contributed by atoms with E-state index < -0.39 is 35.1 Å². The molecular weight excluding hydrogens is 502 g/mol. The Morgan fingerprint density at radius 1 is 1.03 bits per heavy atom. The molecule has 2 heterocycles. The Morgan fingerprint density at radius 2 is 1.74 bits per heavy atom. The fourth-order valence-electron chi connectivity index (χ4n) is 4.65. The number of rotatable bonds is 8. The highest BCUT2D eigenvalue weighted by Gasteiger charge is 2.38. The van der Waals surface area contributed by atoms with Crippen LogP contribution in [0.3, 0.4) is 0 Å². The molecular formula is C29H31N3O5S. The molecule has 4 rings (SSSR count). The van der Waals surface area contributed by atoms with E-state index in [1.807, 2.05) is 77.6 Å². The standard InChI is InChI=1S/C29H31N3O5S/c1-19(30-27(34)26(38-20(2)33)15-21-9-5-4-6-10-21)28(35)32-18-23-16-24(31-13-7-8-14-31)12-11-22(23)17-25(32)29(36)37-3/h4-14,16,19,25-26H,15,17-18H2,1-3H3,(H,30,34)/t19-,25-,26-/m0/s1. The first kappa shape index (κ1) is 27.2. The normalized spacial score (nSPS) is 16.2. The molecule has 0 bridgehead atoms. The minimum absolute atomic E-state index is 0.183. The number of carbonyl (C=O) groups is 4. The van der Waals surface area contributed by atoms with Crippen LogP contribution >= 0.6 is 11.8 Å². The number of carbonyl (C=O) groups excluding carboxylic acids is 4. The first-order chi connectivity index (χ1) is 18.3.